The maximum Gasteiger partial charge on any atom is 0.245 e. The number of anilines is 1. The molecular weight excluding hydrogens is 298 g/mol. The van der Waals surface area contributed by atoms with E-state index in [1.807, 2.05) is 11.8 Å². The summed E-state index contributed by atoms with van der Waals surface area (Å²) in [6, 6.07) is 1.38. The van der Waals surface area contributed by atoms with Crippen LogP contribution >= 0.6 is 0 Å². The summed E-state index contributed by atoms with van der Waals surface area (Å²) in [7, 11) is 0. The molecule has 1 unspecified atom stereocenters. The molecule has 0 aromatic carbocycles. The fraction of sp³-hybridized carbons (Fsp3) is 0.600. The van der Waals surface area contributed by atoms with Gasteiger partial charge in [-0.1, -0.05) is 0 Å². The zero-order chi connectivity index (χ0) is 16.2. The third kappa shape index (κ3) is 3.52. The summed E-state index contributed by atoms with van der Waals surface area (Å²) in [4.78, 5) is 36.1. The Morgan fingerprint density at radius 3 is 2.83 bits per heavy atom. The van der Waals surface area contributed by atoms with Crippen LogP contribution in [0.3, 0.4) is 0 Å². The SMILES string of the molecule is CCOc1ccnc(N2CCN(C(=O)C3CCC(=O)N3)CC2)n1. The molecule has 1 atom stereocenters. The lowest BCUT2D eigenvalue weighted by atomic mass is 10.2. The normalized spacial score (nSPS) is 21.3. The molecule has 2 aliphatic rings. The summed E-state index contributed by atoms with van der Waals surface area (Å²) in [5.41, 5.74) is 0. The van der Waals surface area contributed by atoms with Crippen LogP contribution in [-0.2, 0) is 9.59 Å². The molecule has 0 saturated carbocycles. The molecule has 0 aliphatic carbocycles. The third-order valence-electron chi connectivity index (χ3n) is 4.08. The highest BCUT2D eigenvalue weighted by molar-refractivity contribution is 5.90. The van der Waals surface area contributed by atoms with Gasteiger partial charge in [-0.25, -0.2) is 4.98 Å². The Balaban J connectivity index is 1.57. The van der Waals surface area contributed by atoms with Gasteiger partial charge in [0.25, 0.3) is 0 Å². The van der Waals surface area contributed by atoms with Crippen LogP contribution in [0.2, 0.25) is 0 Å². The number of rotatable bonds is 4. The van der Waals surface area contributed by atoms with E-state index in [1.165, 1.54) is 0 Å². The van der Waals surface area contributed by atoms with Crippen molar-refractivity contribution in [3.63, 3.8) is 0 Å². The van der Waals surface area contributed by atoms with Crippen LogP contribution in [-0.4, -0.2) is 65.5 Å². The first kappa shape index (κ1) is 15.5. The van der Waals surface area contributed by atoms with Crippen molar-refractivity contribution in [3.8, 4) is 5.88 Å². The van der Waals surface area contributed by atoms with E-state index in [9.17, 15) is 9.59 Å². The number of piperazine rings is 1. The number of carbonyl (C=O) groups excluding carboxylic acids is 2. The fourth-order valence-electron chi connectivity index (χ4n) is 2.86. The summed E-state index contributed by atoms with van der Waals surface area (Å²) in [6.07, 6.45) is 2.71. The second-order valence-corrected chi connectivity index (χ2v) is 5.60. The van der Waals surface area contributed by atoms with E-state index >= 15 is 0 Å². The number of carbonyl (C=O) groups is 2. The first-order valence-corrected chi connectivity index (χ1v) is 7.96. The maximum atomic E-state index is 12.4. The molecule has 0 bridgehead atoms. The van der Waals surface area contributed by atoms with Crippen LogP contribution < -0.4 is 15.0 Å². The lowest BCUT2D eigenvalue weighted by Gasteiger charge is -2.35. The second-order valence-electron chi connectivity index (χ2n) is 5.60. The number of amides is 2. The van der Waals surface area contributed by atoms with E-state index in [1.54, 1.807) is 17.2 Å². The Kier molecular flexibility index (Phi) is 4.59. The number of nitrogens with one attached hydrogen (secondary N) is 1. The van der Waals surface area contributed by atoms with Crippen molar-refractivity contribution in [1.82, 2.24) is 20.2 Å². The minimum Gasteiger partial charge on any atom is -0.478 e. The van der Waals surface area contributed by atoms with Crippen molar-refractivity contribution in [2.75, 3.05) is 37.7 Å². The largest absolute Gasteiger partial charge is 0.478 e. The van der Waals surface area contributed by atoms with Crippen LogP contribution in [0.1, 0.15) is 19.8 Å². The molecule has 8 nitrogen and oxygen atoms in total. The van der Waals surface area contributed by atoms with Crippen molar-refractivity contribution in [1.29, 1.82) is 0 Å². The van der Waals surface area contributed by atoms with Crippen LogP contribution in [0.25, 0.3) is 0 Å². The summed E-state index contributed by atoms with van der Waals surface area (Å²) < 4.78 is 5.39. The molecule has 1 N–H and O–H groups in total. The van der Waals surface area contributed by atoms with E-state index in [0.29, 0.717) is 57.5 Å². The Labute approximate surface area is 134 Å². The van der Waals surface area contributed by atoms with E-state index in [-0.39, 0.29) is 17.9 Å². The maximum absolute atomic E-state index is 12.4. The summed E-state index contributed by atoms with van der Waals surface area (Å²) in [5, 5.41) is 2.73. The first-order chi connectivity index (χ1) is 11.2. The number of aromatic nitrogens is 2. The highest BCUT2D eigenvalue weighted by Crippen LogP contribution is 2.16. The molecular formula is C15H21N5O3. The number of nitrogens with zero attached hydrogens (tertiary/aromatic N) is 4. The molecule has 3 heterocycles. The zero-order valence-corrected chi connectivity index (χ0v) is 13.2. The van der Waals surface area contributed by atoms with Gasteiger partial charge in [-0.05, 0) is 13.3 Å². The van der Waals surface area contributed by atoms with Gasteiger partial charge in [-0.15, -0.1) is 0 Å². The molecule has 1 aromatic heterocycles. The van der Waals surface area contributed by atoms with Gasteiger partial charge in [0.15, 0.2) is 0 Å². The summed E-state index contributed by atoms with van der Waals surface area (Å²) >= 11 is 0. The fourth-order valence-corrected chi connectivity index (χ4v) is 2.86. The van der Waals surface area contributed by atoms with Crippen LogP contribution in [0.15, 0.2) is 12.3 Å². The van der Waals surface area contributed by atoms with E-state index in [2.05, 4.69) is 15.3 Å². The predicted molar refractivity (Wildman–Crippen MR) is 83.2 cm³/mol. The molecule has 3 rings (SSSR count). The van der Waals surface area contributed by atoms with Gasteiger partial charge < -0.3 is 19.9 Å². The second kappa shape index (κ2) is 6.80. The Morgan fingerprint density at radius 2 is 2.17 bits per heavy atom. The molecule has 124 valence electrons. The molecule has 2 saturated heterocycles. The molecule has 2 amide bonds. The van der Waals surface area contributed by atoms with Gasteiger partial charge in [-0.2, -0.15) is 4.98 Å². The van der Waals surface area contributed by atoms with E-state index in [0.717, 1.165) is 0 Å². The van der Waals surface area contributed by atoms with Gasteiger partial charge in [0.05, 0.1) is 6.61 Å². The van der Waals surface area contributed by atoms with Crippen molar-refractivity contribution >= 4 is 17.8 Å². The Morgan fingerprint density at radius 1 is 1.39 bits per heavy atom. The van der Waals surface area contributed by atoms with Crippen LogP contribution in [0, 0.1) is 0 Å². The summed E-state index contributed by atoms with van der Waals surface area (Å²) in [6.45, 7) is 5.02. The number of ether oxygens (including phenoxy) is 1. The van der Waals surface area contributed by atoms with E-state index < -0.39 is 0 Å². The van der Waals surface area contributed by atoms with Crippen LogP contribution in [0.5, 0.6) is 5.88 Å². The van der Waals surface area contributed by atoms with Gasteiger partial charge in [0.2, 0.25) is 23.6 Å². The molecule has 0 radical (unpaired) electrons. The van der Waals surface area contributed by atoms with Crippen molar-refractivity contribution < 1.29 is 14.3 Å². The molecule has 1 aromatic rings. The number of hydrogen-bond donors (Lipinski definition) is 1. The smallest absolute Gasteiger partial charge is 0.245 e. The quantitative estimate of drug-likeness (QED) is 0.827. The first-order valence-electron chi connectivity index (χ1n) is 7.96. The van der Waals surface area contributed by atoms with Crippen molar-refractivity contribution in [2.24, 2.45) is 0 Å². The Hall–Kier alpha value is -2.38. The Bertz CT molecular complexity index is 586. The monoisotopic (exact) mass is 319 g/mol. The van der Waals surface area contributed by atoms with Gasteiger partial charge in [0.1, 0.15) is 6.04 Å². The van der Waals surface area contributed by atoms with Crippen molar-refractivity contribution in [2.45, 2.75) is 25.8 Å². The molecule has 23 heavy (non-hydrogen) atoms. The van der Waals surface area contributed by atoms with E-state index in [4.69, 9.17) is 4.74 Å². The predicted octanol–water partition coefficient (Wildman–Crippen LogP) is -0.197. The molecule has 2 aliphatic heterocycles. The minimum atomic E-state index is -0.355. The number of hydrogen-bond acceptors (Lipinski definition) is 6. The molecule has 0 spiro atoms. The summed E-state index contributed by atoms with van der Waals surface area (Å²) in [5.74, 6) is 1.16. The highest BCUT2D eigenvalue weighted by Gasteiger charge is 2.32. The molecule has 2 fully saturated rings. The third-order valence-corrected chi connectivity index (χ3v) is 4.08. The lowest BCUT2D eigenvalue weighted by Crippen LogP contribution is -2.53. The highest BCUT2D eigenvalue weighted by atomic mass is 16.5. The zero-order valence-electron chi connectivity index (χ0n) is 13.2. The lowest BCUT2D eigenvalue weighted by molar-refractivity contribution is -0.134. The van der Waals surface area contributed by atoms with Gasteiger partial charge in [0, 0.05) is 44.9 Å². The van der Waals surface area contributed by atoms with Gasteiger partial charge >= 0.3 is 0 Å². The van der Waals surface area contributed by atoms with Gasteiger partial charge in [-0.3, -0.25) is 9.59 Å². The minimum absolute atomic E-state index is 0.0134. The van der Waals surface area contributed by atoms with Crippen molar-refractivity contribution in [3.05, 3.63) is 12.3 Å². The standard InChI is InChI=1S/C15H21N5O3/c1-2-23-13-5-6-16-15(18-13)20-9-7-19(8-10-20)14(22)11-3-4-12(21)17-11/h5-6,11H,2-4,7-10H2,1H3,(H,17,21). The topological polar surface area (TPSA) is 87.7 Å². The average molecular weight is 319 g/mol. The average Bonchev–Trinajstić information content (AvgIpc) is 3.01. The van der Waals surface area contributed by atoms with Crippen LogP contribution in [0.4, 0.5) is 5.95 Å². The molecule has 8 heteroatoms.